The Bertz CT molecular complexity index is 612. The SMILES string of the molecule is CC(C)CC(=O)N1CCCN(C(=O)c2ccc(C(F)(F)F)cc2)CC1. The summed E-state index contributed by atoms with van der Waals surface area (Å²) in [6.07, 6.45) is -3.27. The second-order valence-corrected chi connectivity index (χ2v) is 6.70. The van der Waals surface area contributed by atoms with Gasteiger partial charge < -0.3 is 9.80 Å². The van der Waals surface area contributed by atoms with E-state index in [0.29, 0.717) is 39.0 Å². The molecule has 2 rings (SSSR count). The minimum absolute atomic E-state index is 0.0822. The summed E-state index contributed by atoms with van der Waals surface area (Å²) in [6.45, 7) is 5.90. The van der Waals surface area contributed by atoms with Crippen LogP contribution in [0, 0.1) is 5.92 Å². The van der Waals surface area contributed by atoms with Crippen molar-refractivity contribution in [2.75, 3.05) is 26.2 Å². The van der Waals surface area contributed by atoms with Crippen molar-refractivity contribution in [2.24, 2.45) is 5.92 Å². The zero-order valence-electron chi connectivity index (χ0n) is 14.5. The van der Waals surface area contributed by atoms with Crippen molar-refractivity contribution in [3.05, 3.63) is 35.4 Å². The minimum Gasteiger partial charge on any atom is -0.341 e. The molecule has 0 spiro atoms. The summed E-state index contributed by atoms with van der Waals surface area (Å²) in [4.78, 5) is 28.0. The average molecular weight is 356 g/mol. The molecule has 0 bridgehead atoms. The van der Waals surface area contributed by atoms with Gasteiger partial charge in [-0.25, -0.2) is 0 Å². The van der Waals surface area contributed by atoms with Crippen LogP contribution in [0.5, 0.6) is 0 Å². The van der Waals surface area contributed by atoms with Crippen LogP contribution in [0.15, 0.2) is 24.3 Å². The zero-order chi connectivity index (χ0) is 18.6. The van der Waals surface area contributed by atoms with Gasteiger partial charge in [-0.15, -0.1) is 0 Å². The van der Waals surface area contributed by atoms with Crippen molar-refractivity contribution < 1.29 is 22.8 Å². The lowest BCUT2D eigenvalue weighted by Gasteiger charge is -2.23. The van der Waals surface area contributed by atoms with Crippen LogP contribution >= 0.6 is 0 Å². The second-order valence-electron chi connectivity index (χ2n) is 6.70. The second kappa shape index (κ2) is 7.89. The van der Waals surface area contributed by atoms with E-state index in [1.807, 2.05) is 13.8 Å². The Hall–Kier alpha value is -2.05. The van der Waals surface area contributed by atoms with Crippen molar-refractivity contribution in [3.63, 3.8) is 0 Å². The van der Waals surface area contributed by atoms with E-state index in [9.17, 15) is 22.8 Å². The van der Waals surface area contributed by atoms with E-state index in [1.54, 1.807) is 9.80 Å². The Morgan fingerprint density at radius 1 is 1.00 bits per heavy atom. The smallest absolute Gasteiger partial charge is 0.341 e. The number of amides is 2. The number of alkyl halides is 3. The number of nitrogens with zero attached hydrogens (tertiary/aromatic N) is 2. The van der Waals surface area contributed by atoms with Crippen LogP contribution in [-0.2, 0) is 11.0 Å². The number of carbonyl (C=O) groups excluding carboxylic acids is 2. The summed E-state index contributed by atoms with van der Waals surface area (Å²) < 4.78 is 37.8. The number of halogens is 3. The van der Waals surface area contributed by atoms with Crippen LogP contribution in [0.25, 0.3) is 0 Å². The number of benzene rings is 1. The lowest BCUT2D eigenvalue weighted by molar-refractivity contribution is -0.137. The van der Waals surface area contributed by atoms with Crippen LogP contribution in [0.1, 0.15) is 42.6 Å². The van der Waals surface area contributed by atoms with Gasteiger partial charge in [0.2, 0.25) is 5.91 Å². The molecule has 1 aliphatic rings. The molecule has 1 aromatic carbocycles. The molecule has 7 heteroatoms. The summed E-state index contributed by atoms with van der Waals surface area (Å²) in [5, 5.41) is 0. The van der Waals surface area contributed by atoms with Crippen molar-refractivity contribution >= 4 is 11.8 Å². The number of hydrogen-bond acceptors (Lipinski definition) is 2. The molecule has 1 aliphatic heterocycles. The number of carbonyl (C=O) groups is 2. The topological polar surface area (TPSA) is 40.6 Å². The average Bonchev–Trinajstić information content (AvgIpc) is 2.79. The highest BCUT2D eigenvalue weighted by molar-refractivity contribution is 5.94. The Morgan fingerprint density at radius 3 is 2.12 bits per heavy atom. The van der Waals surface area contributed by atoms with E-state index in [2.05, 4.69) is 0 Å². The van der Waals surface area contributed by atoms with E-state index in [0.717, 1.165) is 12.1 Å². The fraction of sp³-hybridized carbons (Fsp3) is 0.556. The monoisotopic (exact) mass is 356 g/mol. The molecule has 138 valence electrons. The molecule has 2 amide bonds. The highest BCUT2D eigenvalue weighted by Gasteiger charge is 2.30. The summed E-state index contributed by atoms with van der Waals surface area (Å²) in [5.74, 6) is 0.0614. The van der Waals surface area contributed by atoms with Gasteiger partial charge in [0.05, 0.1) is 5.56 Å². The lowest BCUT2D eigenvalue weighted by atomic mass is 10.1. The van der Waals surface area contributed by atoms with E-state index in [1.165, 1.54) is 12.1 Å². The van der Waals surface area contributed by atoms with Crippen LogP contribution in [-0.4, -0.2) is 47.8 Å². The van der Waals surface area contributed by atoms with Gasteiger partial charge in [-0.05, 0) is 36.6 Å². The summed E-state index contributed by atoms with van der Waals surface area (Å²) in [5.41, 5.74) is -0.541. The predicted octanol–water partition coefficient (Wildman–Crippen LogP) is 3.43. The molecule has 1 aromatic rings. The molecule has 0 aliphatic carbocycles. The molecule has 0 aromatic heterocycles. The van der Waals surface area contributed by atoms with Crippen molar-refractivity contribution in [1.29, 1.82) is 0 Å². The fourth-order valence-corrected chi connectivity index (χ4v) is 2.83. The largest absolute Gasteiger partial charge is 0.416 e. The summed E-state index contributed by atoms with van der Waals surface area (Å²) >= 11 is 0. The van der Waals surface area contributed by atoms with Crippen molar-refractivity contribution in [3.8, 4) is 0 Å². The van der Waals surface area contributed by atoms with E-state index in [4.69, 9.17) is 0 Å². The standard InChI is InChI=1S/C18H23F3N2O2/c1-13(2)12-16(24)22-8-3-9-23(11-10-22)17(25)14-4-6-15(7-5-14)18(19,20)21/h4-7,13H,3,8-12H2,1-2H3. The van der Waals surface area contributed by atoms with Gasteiger partial charge >= 0.3 is 6.18 Å². The first-order valence-electron chi connectivity index (χ1n) is 8.43. The van der Waals surface area contributed by atoms with E-state index >= 15 is 0 Å². The Kier molecular flexibility index (Phi) is 6.08. The predicted molar refractivity (Wildman–Crippen MR) is 88.0 cm³/mol. The van der Waals surface area contributed by atoms with Gasteiger partial charge in [-0.3, -0.25) is 9.59 Å². The molecule has 0 unspecified atom stereocenters. The molecule has 1 saturated heterocycles. The van der Waals surface area contributed by atoms with Gasteiger partial charge in [-0.1, -0.05) is 13.8 Å². The van der Waals surface area contributed by atoms with Crippen LogP contribution < -0.4 is 0 Å². The summed E-state index contributed by atoms with van der Waals surface area (Å²) in [7, 11) is 0. The quantitative estimate of drug-likeness (QED) is 0.833. The third-order valence-electron chi connectivity index (χ3n) is 4.18. The maximum absolute atomic E-state index is 12.6. The van der Waals surface area contributed by atoms with Gasteiger partial charge in [0.25, 0.3) is 5.91 Å². The first-order valence-corrected chi connectivity index (χ1v) is 8.43. The Morgan fingerprint density at radius 2 is 1.56 bits per heavy atom. The first-order chi connectivity index (χ1) is 11.7. The highest BCUT2D eigenvalue weighted by Crippen LogP contribution is 2.29. The van der Waals surface area contributed by atoms with E-state index in [-0.39, 0.29) is 23.3 Å². The third-order valence-corrected chi connectivity index (χ3v) is 4.18. The highest BCUT2D eigenvalue weighted by atomic mass is 19.4. The maximum Gasteiger partial charge on any atom is 0.416 e. The molecule has 0 atom stereocenters. The Labute approximate surface area is 145 Å². The van der Waals surface area contributed by atoms with Gasteiger partial charge in [0, 0.05) is 38.2 Å². The summed E-state index contributed by atoms with van der Waals surface area (Å²) in [6, 6.07) is 4.25. The van der Waals surface area contributed by atoms with Gasteiger partial charge in [0.1, 0.15) is 0 Å². The van der Waals surface area contributed by atoms with Crippen molar-refractivity contribution in [2.45, 2.75) is 32.9 Å². The molecule has 0 radical (unpaired) electrons. The first kappa shape index (κ1) is 19.3. The van der Waals surface area contributed by atoms with Crippen molar-refractivity contribution in [1.82, 2.24) is 9.80 Å². The van der Waals surface area contributed by atoms with E-state index < -0.39 is 11.7 Å². The normalized spacial score (nSPS) is 16.1. The number of rotatable bonds is 3. The lowest BCUT2D eigenvalue weighted by Crippen LogP contribution is -2.37. The fourth-order valence-electron chi connectivity index (χ4n) is 2.83. The molecule has 0 N–H and O–H groups in total. The molecular formula is C18H23F3N2O2. The Balaban J connectivity index is 2.00. The minimum atomic E-state index is -4.42. The zero-order valence-corrected chi connectivity index (χ0v) is 14.5. The molecule has 4 nitrogen and oxygen atoms in total. The molecular weight excluding hydrogens is 333 g/mol. The molecule has 1 heterocycles. The van der Waals surface area contributed by atoms with Gasteiger partial charge in [-0.2, -0.15) is 13.2 Å². The van der Waals surface area contributed by atoms with Gasteiger partial charge in [0.15, 0.2) is 0 Å². The van der Waals surface area contributed by atoms with Crippen LogP contribution in [0.4, 0.5) is 13.2 Å². The molecule has 25 heavy (non-hydrogen) atoms. The van der Waals surface area contributed by atoms with Crippen LogP contribution in [0.3, 0.4) is 0 Å². The molecule has 0 saturated carbocycles. The van der Waals surface area contributed by atoms with Crippen LogP contribution in [0.2, 0.25) is 0 Å². The molecule has 1 fully saturated rings. The number of hydrogen-bond donors (Lipinski definition) is 0. The maximum atomic E-state index is 12.6. The third kappa shape index (κ3) is 5.21.